The van der Waals surface area contributed by atoms with E-state index in [2.05, 4.69) is 10.3 Å². The Morgan fingerprint density at radius 1 is 0.935 bits per heavy atom. The van der Waals surface area contributed by atoms with Gasteiger partial charge in [-0.2, -0.15) is 0 Å². The number of thiophene rings is 1. The molecule has 31 heavy (non-hydrogen) atoms. The molecule has 1 N–H and O–H groups in total. The first-order chi connectivity index (χ1) is 15.1. The van der Waals surface area contributed by atoms with Crippen LogP contribution in [-0.4, -0.2) is 27.6 Å². The van der Waals surface area contributed by atoms with E-state index < -0.39 is 0 Å². The van der Waals surface area contributed by atoms with Gasteiger partial charge >= 0.3 is 0 Å². The van der Waals surface area contributed by atoms with E-state index >= 15 is 0 Å². The molecule has 1 aliphatic heterocycles. The van der Waals surface area contributed by atoms with Crippen LogP contribution in [0.25, 0.3) is 20.1 Å². The number of benzene rings is 2. The molecule has 2 aromatic carbocycles. The highest BCUT2D eigenvalue weighted by Gasteiger charge is 2.28. The third-order valence-corrected chi connectivity index (χ3v) is 7.33. The van der Waals surface area contributed by atoms with Crippen molar-refractivity contribution in [2.45, 2.75) is 19.4 Å². The monoisotopic (exact) mass is 447 g/mol. The van der Waals surface area contributed by atoms with Crippen molar-refractivity contribution in [3.63, 3.8) is 0 Å². The van der Waals surface area contributed by atoms with E-state index in [1.54, 1.807) is 29.5 Å². The average molecular weight is 448 g/mol. The second kappa shape index (κ2) is 8.05. The zero-order valence-electron chi connectivity index (χ0n) is 16.3. The summed E-state index contributed by atoms with van der Waals surface area (Å²) in [7, 11) is 0. The molecule has 0 aliphatic carbocycles. The molecule has 154 valence electrons. The Morgan fingerprint density at radius 2 is 1.68 bits per heavy atom. The molecule has 4 aromatic rings. The molecule has 5 rings (SSSR count). The number of hydrogen-bond donors (Lipinski definition) is 1. The number of hydrogen-bond acceptors (Lipinski definition) is 6. The third kappa shape index (κ3) is 3.99. The van der Waals surface area contributed by atoms with Crippen molar-refractivity contribution < 1.29 is 14.4 Å². The molecule has 3 amide bonds. The minimum atomic E-state index is -0.185. The number of fused-ring (bicyclic) bond motifs is 1. The van der Waals surface area contributed by atoms with E-state index in [1.165, 1.54) is 16.2 Å². The van der Waals surface area contributed by atoms with E-state index in [9.17, 15) is 14.4 Å². The fourth-order valence-electron chi connectivity index (χ4n) is 3.42. The summed E-state index contributed by atoms with van der Waals surface area (Å²) in [5.74, 6) is -0.456. The number of nitrogens with one attached hydrogen (secondary N) is 1. The molecule has 1 fully saturated rings. The zero-order chi connectivity index (χ0) is 21.4. The van der Waals surface area contributed by atoms with Crippen molar-refractivity contribution >= 4 is 56.3 Å². The van der Waals surface area contributed by atoms with Gasteiger partial charge < -0.3 is 5.32 Å². The Bertz CT molecular complexity index is 1260. The SMILES string of the molecule is O=C(Nc1ccc(CN2C(=O)CCC2=O)cc1)c1ccc(-c2nc3ccccc3s2)s1. The minimum Gasteiger partial charge on any atom is -0.321 e. The Labute approximate surface area is 186 Å². The van der Waals surface area contributed by atoms with E-state index in [0.29, 0.717) is 10.6 Å². The van der Waals surface area contributed by atoms with Gasteiger partial charge in [0.1, 0.15) is 5.01 Å². The summed E-state index contributed by atoms with van der Waals surface area (Å²) >= 11 is 3.02. The fraction of sp³-hybridized carbons (Fsp3) is 0.130. The van der Waals surface area contributed by atoms with Crippen LogP contribution in [0.5, 0.6) is 0 Å². The second-order valence-electron chi connectivity index (χ2n) is 7.18. The molecule has 2 aromatic heterocycles. The minimum absolute atomic E-state index is 0.135. The molecular formula is C23H17N3O3S2. The Hall–Kier alpha value is -3.36. The van der Waals surface area contributed by atoms with Gasteiger partial charge in [-0.1, -0.05) is 24.3 Å². The van der Waals surface area contributed by atoms with E-state index in [1.807, 2.05) is 42.5 Å². The van der Waals surface area contributed by atoms with Crippen LogP contribution in [0.15, 0.2) is 60.7 Å². The number of amides is 3. The first-order valence-electron chi connectivity index (χ1n) is 9.76. The molecule has 1 saturated heterocycles. The van der Waals surface area contributed by atoms with Crippen LogP contribution >= 0.6 is 22.7 Å². The van der Waals surface area contributed by atoms with Gasteiger partial charge in [0.15, 0.2) is 0 Å². The number of carbonyl (C=O) groups excluding carboxylic acids is 3. The standard InChI is InChI=1S/C23H17N3O3S2/c27-20-11-12-21(28)26(20)13-14-5-7-15(8-6-14)24-22(29)18-9-10-19(30-18)23-25-16-3-1-2-4-17(16)31-23/h1-10H,11-13H2,(H,24,29). The maximum Gasteiger partial charge on any atom is 0.265 e. The molecule has 0 saturated carbocycles. The highest BCUT2D eigenvalue weighted by atomic mass is 32.1. The molecule has 0 bridgehead atoms. The zero-order valence-corrected chi connectivity index (χ0v) is 18.0. The van der Waals surface area contributed by atoms with Crippen LogP contribution in [0, 0.1) is 0 Å². The summed E-state index contributed by atoms with van der Waals surface area (Å²) in [6, 6.07) is 18.9. The molecule has 8 heteroatoms. The van der Waals surface area contributed by atoms with Gasteiger partial charge in [-0.3, -0.25) is 19.3 Å². The first-order valence-corrected chi connectivity index (χ1v) is 11.4. The molecule has 0 unspecified atom stereocenters. The van der Waals surface area contributed by atoms with Crippen LogP contribution in [-0.2, 0) is 16.1 Å². The normalized spacial score (nSPS) is 13.9. The number of rotatable bonds is 5. The topological polar surface area (TPSA) is 79.4 Å². The van der Waals surface area contributed by atoms with Crippen LogP contribution in [0.2, 0.25) is 0 Å². The van der Waals surface area contributed by atoms with E-state index in [0.717, 1.165) is 25.7 Å². The van der Waals surface area contributed by atoms with E-state index in [-0.39, 0.29) is 37.1 Å². The second-order valence-corrected chi connectivity index (χ2v) is 9.29. The lowest BCUT2D eigenvalue weighted by molar-refractivity contribution is -0.139. The van der Waals surface area contributed by atoms with Crippen molar-refractivity contribution in [3.05, 3.63) is 71.1 Å². The van der Waals surface area contributed by atoms with Gasteiger partial charge in [0, 0.05) is 18.5 Å². The summed E-state index contributed by atoms with van der Waals surface area (Å²) in [5.41, 5.74) is 2.46. The van der Waals surface area contributed by atoms with Crippen LogP contribution in [0.4, 0.5) is 5.69 Å². The summed E-state index contributed by atoms with van der Waals surface area (Å²) < 4.78 is 1.12. The lowest BCUT2D eigenvalue weighted by atomic mass is 10.2. The summed E-state index contributed by atoms with van der Waals surface area (Å²) in [6.07, 6.45) is 0.569. The predicted octanol–water partition coefficient (Wildman–Crippen LogP) is 4.93. The molecule has 0 radical (unpaired) electrons. The predicted molar refractivity (Wildman–Crippen MR) is 122 cm³/mol. The Balaban J connectivity index is 1.26. The summed E-state index contributed by atoms with van der Waals surface area (Å²) in [5, 5.41) is 3.80. The Kier molecular flexibility index (Phi) is 5.09. The van der Waals surface area contributed by atoms with Crippen LogP contribution < -0.4 is 5.32 Å². The number of anilines is 1. The van der Waals surface area contributed by atoms with Gasteiger partial charge in [-0.05, 0) is 42.0 Å². The van der Waals surface area contributed by atoms with Gasteiger partial charge in [-0.25, -0.2) is 4.98 Å². The molecule has 0 atom stereocenters. The number of carbonyl (C=O) groups is 3. The number of aromatic nitrogens is 1. The number of imide groups is 1. The van der Waals surface area contributed by atoms with Crippen LogP contribution in [0.3, 0.4) is 0 Å². The van der Waals surface area contributed by atoms with Crippen molar-refractivity contribution in [2.24, 2.45) is 0 Å². The van der Waals surface area contributed by atoms with Gasteiger partial charge in [0.05, 0.1) is 26.5 Å². The fourth-order valence-corrected chi connectivity index (χ4v) is 5.34. The number of likely N-dealkylation sites (tertiary alicyclic amines) is 1. The highest BCUT2D eigenvalue weighted by molar-refractivity contribution is 7.26. The molecule has 6 nitrogen and oxygen atoms in total. The maximum atomic E-state index is 12.7. The highest BCUT2D eigenvalue weighted by Crippen LogP contribution is 2.34. The number of nitrogens with zero attached hydrogens (tertiary/aromatic N) is 2. The number of para-hydroxylation sites is 1. The summed E-state index contributed by atoms with van der Waals surface area (Å²) in [4.78, 5) is 43.7. The van der Waals surface area contributed by atoms with Crippen molar-refractivity contribution in [1.82, 2.24) is 9.88 Å². The largest absolute Gasteiger partial charge is 0.321 e. The van der Waals surface area contributed by atoms with Gasteiger partial charge in [0.25, 0.3) is 5.91 Å². The smallest absolute Gasteiger partial charge is 0.265 e. The quantitative estimate of drug-likeness (QED) is 0.440. The first kappa shape index (κ1) is 19.6. The maximum absolute atomic E-state index is 12.7. The van der Waals surface area contributed by atoms with Crippen molar-refractivity contribution in [2.75, 3.05) is 5.32 Å². The molecule has 3 heterocycles. The van der Waals surface area contributed by atoms with Crippen molar-refractivity contribution in [3.8, 4) is 9.88 Å². The van der Waals surface area contributed by atoms with Gasteiger partial charge in [-0.15, -0.1) is 22.7 Å². The summed E-state index contributed by atoms with van der Waals surface area (Å²) in [6.45, 7) is 0.266. The van der Waals surface area contributed by atoms with E-state index in [4.69, 9.17) is 0 Å². The van der Waals surface area contributed by atoms with Gasteiger partial charge in [0.2, 0.25) is 11.8 Å². The van der Waals surface area contributed by atoms with Crippen molar-refractivity contribution in [1.29, 1.82) is 0 Å². The lowest BCUT2D eigenvalue weighted by Gasteiger charge is -2.14. The number of thiazole rings is 1. The third-order valence-electron chi connectivity index (χ3n) is 5.04. The average Bonchev–Trinajstić information content (AvgIpc) is 3.50. The Morgan fingerprint density at radius 3 is 2.42 bits per heavy atom. The molecular weight excluding hydrogens is 430 g/mol. The molecule has 1 aliphatic rings. The molecule has 0 spiro atoms. The lowest BCUT2D eigenvalue weighted by Crippen LogP contribution is -2.28. The van der Waals surface area contributed by atoms with Crippen LogP contribution in [0.1, 0.15) is 28.1 Å².